The number of rotatable bonds is 3. The molecule has 0 aliphatic heterocycles. The molecule has 0 radical (unpaired) electrons. The van der Waals surface area contributed by atoms with Crippen molar-refractivity contribution in [3.63, 3.8) is 0 Å². The maximum absolute atomic E-state index is 12.6. The number of nitrogens with one attached hydrogen (secondary N) is 2. The summed E-state index contributed by atoms with van der Waals surface area (Å²) in [5.74, 6) is 0.325. The van der Waals surface area contributed by atoms with E-state index in [4.69, 9.17) is 4.98 Å². The summed E-state index contributed by atoms with van der Waals surface area (Å²) in [6.07, 6.45) is 7.53. The Kier molecular flexibility index (Phi) is 4.49. The quantitative estimate of drug-likeness (QED) is 0.748. The van der Waals surface area contributed by atoms with E-state index in [0.29, 0.717) is 0 Å². The molecule has 1 fully saturated rings. The van der Waals surface area contributed by atoms with Gasteiger partial charge >= 0.3 is 0 Å². The number of anilines is 1. The first kappa shape index (κ1) is 16.2. The van der Waals surface area contributed by atoms with E-state index in [1.807, 2.05) is 31.3 Å². The van der Waals surface area contributed by atoms with E-state index in [-0.39, 0.29) is 11.8 Å². The first-order chi connectivity index (χ1) is 12.2. The van der Waals surface area contributed by atoms with Crippen LogP contribution in [0.2, 0.25) is 0 Å². The Morgan fingerprint density at radius 2 is 2.08 bits per heavy atom. The van der Waals surface area contributed by atoms with Gasteiger partial charge in [0.1, 0.15) is 10.5 Å². The fraction of sp³-hybridized carbons (Fsp3) is 0.350. The number of fused-ring (bicyclic) bond motifs is 1. The van der Waals surface area contributed by atoms with Gasteiger partial charge < -0.3 is 5.32 Å². The first-order valence-electron chi connectivity index (χ1n) is 8.90. The number of hydrogen-bond donors (Lipinski definition) is 1. The third kappa shape index (κ3) is 3.42. The van der Waals surface area contributed by atoms with E-state index < -0.39 is 0 Å². The van der Waals surface area contributed by atoms with E-state index in [1.165, 1.54) is 19.3 Å². The lowest BCUT2D eigenvalue weighted by Crippen LogP contribution is -2.25. The Bertz CT molecular complexity index is 879. The van der Waals surface area contributed by atoms with Crippen LogP contribution in [0.15, 0.2) is 36.5 Å². The average Bonchev–Trinajstić information content (AvgIpc) is 3.08. The lowest BCUT2D eigenvalue weighted by Gasteiger charge is -2.21. The highest BCUT2D eigenvalue weighted by Crippen LogP contribution is 2.31. The standard InChI is InChI=1S/C20H21N3OS/c1-13-9-10-15(19-23-16-8-5-11-21-20(16)25-19)12-17(13)22-18(24)14-6-3-2-4-7-14/h5,8-12,14H,2-4,6-7H2,1H3,(H,22,24)/p+1. The molecule has 3 aromatic rings. The van der Waals surface area contributed by atoms with Gasteiger partial charge in [0.15, 0.2) is 6.20 Å². The molecule has 128 valence electrons. The number of aryl methyl sites for hydroxylation is 1. The monoisotopic (exact) mass is 352 g/mol. The molecule has 4 rings (SSSR count). The Labute approximate surface area is 151 Å². The van der Waals surface area contributed by atoms with Crippen LogP contribution in [0.5, 0.6) is 0 Å². The molecule has 0 bridgehead atoms. The van der Waals surface area contributed by atoms with Gasteiger partial charge in [-0.2, -0.15) is 0 Å². The number of thiazole rings is 1. The number of hydrogen-bond acceptors (Lipinski definition) is 3. The second kappa shape index (κ2) is 6.92. The third-order valence-electron chi connectivity index (χ3n) is 4.94. The Hall–Kier alpha value is -2.27. The second-order valence-corrected chi connectivity index (χ2v) is 7.76. The van der Waals surface area contributed by atoms with Gasteiger partial charge in [0.05, 0.1) is 0 Å². The molecule has 0 spiro atoms. The van der Waals surface area contributed by atoms with Crippen molar-refractivity contribution in [3.05, 3.63) is 42.1 Å². The largest absolute Gasteiger partial charge is 0.326 e. The fourth-order valence-corrected chi connectivity index (χ4v) is 4.35. The van der Waals surface area contributed by atoms with Gasteiger partial charge in [-0.1, -0.05) is 31.4 Å². The molecule has 0 unspecified atom stereocenters. The summed E-state index contributed by atoms with van der Waals surface area (Å²) < 4.78 is 0. The molecule has 25 heavy (non-hydrogen) atoms. The van der Waals surface area contributed by atoms with Crippen LogP contribution in [0.3, 0.4) is 0 Å². The van der Waals surface area contributed by atoms with Crippen molar-refractivity contribution in [2.24, 2.45) is 5.92 Å². The summed E-state index contributed by atoms with van der Waals surface area (Å²) in [6, 6.07) is 10.1. The number of pyridine rings is 1. The van der Waals surface area contributed by atoms with E-state index in [2.05, 4.69) is 22.4 Å². The van der Waals surface area contributed by atoms with E-state index in [1.54, 1.807) is 11.3 Å². The highest BCUT2D eigenvalue weighted by atomic mass is 32.1. The molecule has 2 N–H and O–H groups in total. The van der Waals surface area contributed by atoms with Crippen molar-refractivity contribution in [1.29, 1.82) is 0 Å². The van der Waals surface area contributed by atoms with Gasteiger partial charge in [-0.25, -0.2) is 9.97 Å². The lowest BCUT2D eigenvalue weighted by atomic mass is 9.88. The highest BCUT2D eigenvalue weighted by molar-refractivity contribution is 7.20. The van der Waals surface area contributed by atoms with Crippen LogP contribution in [-0.2, 0) is 4.79 Å². The van der Waals surface area contributed by atoms with Crippen LogP contribution in [0.4, 0.5) is 5.69 Å². The smallest absolute Gasteiger partial charge is 0.287 e. The molecule has 0 saturated heterocycles. The van der Waals surface area contributed by atoms with Gasteiger partial charge in [-0.15, -0.1) is 0 Å². The highest BCUT2D eigenvalue weighted by Gasteiger charge is 2.21. The van der Waals surface area contributed by atoms with Crippen LogP contribution in [0.1, 0.15) is 37.7 Å². The van der Waals surface area contributed by atoms with Crippen LogP contribution < -0.4 is 10.3 Å². The summed E-state index contributed by atoms with van der Waals surface area (Å²) in [5.41, 5.74) is 3.99. The van der Waals surface area contributed by atoms with E-state index in [9.17, 15) is 4.79 Å². The number of H-pyrrole nitrogens is 1. The zero-order valence-electron chi connectivity index (χ0n) is 14.3. The van der Waals surface area contributed by atoms with Crippen molar-refractivity contribution in [1.82, 2.24) is 4.98 Å². The van der Waals surface area contributed by atoms with E-state index >= 15 is 0 Å². The summed E-state index contributed by atoms with van der Waals surface area (Å²) in [5, 5.41) is 4.12. The maximum Gasteiger partial charge on any atom is 0.287 e. The Morgan fingerprint density at radius 1 is 1.24 bits per heavy atom. The molecule has 1 aromatic carbocycles. The zero-order chi connectivity index (χ0) is 17.2. The minimum absolute atomic E-state index is 0.161. The third-order valence-corrected chi connectivity index (χ3v) is 5.99. The topological polar surface area (TPSA) is 56.1 Å². The molecule has 1 aliphatic rings. The molecule has 5 heteroatoms. The second-order valence-electron chi connectivity index (χ2n) is 6.76. The number of carbonyl (C=O) groups excluding carboxylic acids is 1. The first-order valence-corrected chi connectivity index (χ1v) is 9.71. The maximum atomic E-state index is 12.6. The summed E-state index contributed by atoms with van der Waals surface area (Å²) in [7, 11) is 0. The van der Waals surface area contributed by atoms with Crippen molar-refractivity contribution in [3.8, 4) is 10.6 Å². The molecular weight excluding hydrogens is 330 g/mol. The number of benzene rings is 1. The normalized spacial score (nSPS) is 15.4. The molecule has 1 amide bonds. The van der Waals surface area contributed by atoms with E-state index in [0.717, 1.165) is 45.0 Å². The van der Waals surface area contributed by atoms with Gasteiger partial charge in [0, 0.05) is 23.2 Å². The predicted molar refractivity (Wildman–Crippen MR) is 102 cm³/mol. The molecule has 2 heterocycles. The number of aromatic nitrogens is 2. The van der Waals surface area contributed by atoms with Crippen molar-refractivity contribution >= 4 is 33.3 Å². The number of carbonyl (C=O) groups is 1. The predicted octanol–water partition coefficient (Wildman–Crippen LogP) is 4.60. The van der Waals surface area contributed by atoms with Crippen molar-refractivity contribution in [2.75, 3.05) is 5.32 Å². The Morgan fingerprint density at radius 3 is 2.88 bits per heavy atom. The zero-order valence-corrected chi connectivity index (χ0v) is 15.2. The van der Waals surface area contributed by atoms with Gasteiger partial charge in [0.25, 0.3) is 4.83 Å². The molecule has 2 aromatic heterocycles. The van der Waals surface area contributed by atoms with Gasteiger partial charge in [-0.3, -0.25) is 4.79 Å². The molecule has 4 nitrogen and oxygen atoms in total. The number of amides is 1. The number of nitrogens with zero attached hydrogens (tertiary/aromatic N) is 1. The average molecular weight is 352 g/mol. The SMILES string of the molecule is Cc1ccc(-c2nc3ccc[nH+]c3s2)cc1NC(=O)C1CCCCC1. The van der Waals surface area contributed by atoms with Crippen molar-refractivity contribution in [2.45, 2.75) is 39.0 Å². The van der Waals surface area contributed by atoms with Gasteiger partial charge in [-0.05, 0) is 48.8 Å². The molecular formula is C20H22N3OS+. The lowest BCUT2D eigenvalue weighted by molar-refractivity contribution is -0.341. The Balaban J connectivity index is 1.60. The number of aromatic amines is 1. The summed E-state index contributed by atoms with van der Waals surface area (Å²) >= 11 is 1.63. The van der Waals surface area contributed by atoms with Crippen LogP contribution in [0.25, 0.3) is 20.9 Å². The minimum Gasteiger partial charge on any atom is -0.326 e. The van der Waals surface area contributed by atoms with Crippen LogP contribution in [-0.4, -0.2) is 10.9 Å². The summed E-state index contributed by atoms with van der Waals surface area (Å²) in [4.78, 5) is 21.6. The van der Waals surface area contributed by atoms with Crippen LogP contribution in [0, 0.1) is 12.8 Å². The van der Waals surface area contributed by atoms with Gasteiger partial charge in [0.2, 0.25) is 5.91 Å². The molecule has 1 saturated carbocycles. The van der Waals surface area contributed by atoms with Crippen molar-refractivity contribution < 1.29 is 9.78 Å². The summed E-state index contributed by atoms with van der Waals surface area (Å²) in [6.45, 7) is 2.03. The molecule has 1 aliphatic carbocycles. The fourth-order valence-electron chi connectivity index (χ4n) is 3.42. The molecule has 0 atom stereocenters. The minimum atomic E-state index is 0.161. The van der Waals surface area contributed by atoms with Crippen LogP contribution >= 0.6 is 11.3 Å².